The van der Waals surface area contributed by atoms with Gasteiger partial charge in [0.25, 0.3) is 5.56 Å². The second kappa shape index (κ2) is 7.36. The van der Waals surface area contributed by atoms with Gasteiger partial charge in [0.2, 0.25) is 0 Å². The van der Waals surface area contributed by atoms with Gasteiger partial charge in [-0.1, -0.05) is 25.5 Å². The lowest BCUT2D eigenvalue weighted by Gasteiger charge is -2.13. The summed E-state index contributed by atoms with van der Waals surface area (Å²) in [5.41, 5.74) is 2.45. The molecular formula is C17H25N3O. The van der Waals surface area contributed by atoms with Gasteiger partial charge in [0.1, 0.15) is 5.69 Å². The zero-order chi connectivity index (χ0) is 15.2. The molecule has 0 radical (unpaired) electrons. The van der Waals surface area contributed by atoms with Crippen molar-refractivity contribution in [2.24, 2.45) is 0 Å². The number of rotatable bonds is 7. The lowest BCUT2D eigenvalue weighted by atomic mass is 10.1. The van der Waals surface area contributed by atoms with E-state index in [0.29, 0.717) is 11.7 Å². The summed E-state index contributed by atoms with van der Waals surface area (Å²) in [5, 5.41) is 3.42. The van der Waals surface area contributed by atoms with Crippen molar-refractivity contribution >= 4 is 11.0 Å². The van der Waals surface area contributed by atoms with Crippen molar-refractivity contribution < 1.29 is 0 Å². The molecule has 0 aliphatic heterocycles. The first-order valence-electron chi connectivity index (χ1n) is 7.83. The Morgan fingerprint density at radius 2 is 2.05 bits per heavy atom. The number of nitrogens with zero attached hydrogens (tertiary/aromatic N) is 2. The topological polar surface area (TPSA) is 46.9 Å². The standard InChI is InChI=1S/C17H25N3O/c1-4-18-13(2)9-7-8-12-20-16-11-6-5-10-15(16)19-14(3)17(20)21/h5-6,10-11,13,18H,4,7-9,12H2,1-3H3. The van der Waals surface area contributed by atoms with Gasteiger partial charge in [-0.2, -0.15) is 0 Å². The molecule has 0 saturated carbocycles. The molecule has 0 aliphatic carbocycles. The molecule has 1 unspecified atom stereocenters. The molecule has 0 fully saturated rings. The third-order valence-corrected chi connectivity index (χ3v) is 3.84. The molecule has 1 aromatic carbocycles. The fourth-order valence-electron chi connectivity index (χ4n) is 2.71. The zero-order valence-electron chi connectivity index (χ0n) is 13.2. The molecule has 2 aromatic rings. The van der Waals surface area contributed by atoms with Crippen molar-refractivity contribution in [1.29, 1.82) is 0 Å². The van der Waals surface area contributed by atoms with Crippen LogP contribution < -0.4 is 10.9 Å². The van der Waals surface area contributed by atoms with Gasteiger partial charge in [-0.3, -0.25) is 4.79 Å². The Labute approximate surface area is 126 Å². The summed E-state index contributed by atoms with van der Waals surface area (Å²) < 4.78 is 1.87. The number of aryl methyl sites for hydroxylation is 2. The number of hydrogen-bond donors (Lipinski definition) is 1. The van der Waals surface area contributed by atoms with Crippen LogP contribution in [0, 0.1) is 6.92 Å². The molecule has 0 saturated heterocycles. The Hall–Kier alpha value is -1.68. The molecule has 1 N–H and O–H groups in total. The minimum absolute atomic E-state index is 0.0356. The van der Waals surface area contributed by atoms with Gasteiger partial charge in [0.05, 0.1) is 11.0 Å². The summed E-state index contributed by atoms with van der Waals surface area (Å²) in [6.45, 7) is 7.90. The molecule has 1 heterocycles. The molecular weight excluding hydrogens is 262 g/mol. The van der Waals surface area contributed by atoms with E-state index in [-0.39, 0.29) is 5.56 Å². The molecule has 4 nitrogen and oxygen atoms in total. The normalized spacial score (nSPS) is 12.7. The predicted octanol–water partition coefficient (Wildman–Crippen LogP) is 2.87. The second-order valence-corrected chi connectivity index (χ2v) is 5.60. The van der Waals surface area contributed by atoms with Crippen LogP contribution in [0.3, 0.4) is 0 Å². The lowest BCUT2D eigenvalue weighted by Crippen LogP contribution is -2.26. The number of unbranched alkanes of at least 4 members (excludes halogenated alkanes) is 1. The maximum atomic E-state index is 12.3. The average molecular weight is 287 g/mol. The Morgan fingerprint density at radius 3 is 2.81 bits per heavy atom. The van der Waals surface area contributed by atoms with Crippen LogP contribution in [0.15, 0.2) is 29.1 Å². The van der Waals surface area contributed by atoms with E-state index in [2.05, 4.69) is 24.1 Å². The first-order valence-corrected chi connectivity index (χ1v) is 7.83. The van der Waals surface area contributed by atoms with Crippen molar-refractivity contribution in [3.8, 4) is 0 Å². The number of nitrogens with one attached hydrogen (secondary N) is 1. The molecule has 0 aliphatic rings. The minimum Gasteiger partial charge on any atom is -0.315 e. The fraction of sp³-hybridized carbons (Fsp3) is 0.529. The third-order valence-electron chi connectivity index (χ3n) is 3.84. The summed E-state index contributed by atoms with van der Waals surface area (Å²) in [6, 6.07) is 8.41. The maximum Gasteiger partial charge on any atom is 0.272 e. The minimum atomic E-state index is 0.0356. The molecule has 21 heavy (non-hydrogen) atoms. The van der Waals surface area contributed by atoms with E-state index in [1.165, 1.54) is 0 Å². The summed E-state index contributed by atoms with van der Waals surface area (Å²) >= 11 is 0. The van der Waals surface area contributed by atoms with Gasteiger partial charge in [0, 0.05) is 12.6 Å². The van der Waals surface area contributed by atoms with E-state index in [1.807, 2.05) is 28.8 Å². The van der Waals surface area contributed by atoms with Crippen molar-refractivity contribution in [2.45, 2.75) is 52.6 Å². The number of aromatic nitrogens is 2. The Morgan fingerprint density at radius 1 is 1.29 bits per heavy atom. The third kappa shape index (κ3) is 3.91. The van der Waals surface area contributed by atoms with E-state index in [1.54, 1.807) is 6.92 Å². The highest BCUT2D eigenvalue weighted by Crippen LogP contribution is 2.11. The predicted molar refractivity (Wildman–Crippen MR) is 87.7 cm³/mol. The van der Waals surface area contributed by atoms with Crippen molar-refractivity contribution in [2.75, 3.05) is 6.54 Å². The van der Waals surface area contributed by atoms with Crippen LogP contribution in [0.25, 0.3) is 11.0 Å². The van der Waals surface area contributed by atoms with Gasteiger partial charge < -0.3 is 9.88 Å². The van der Waals surface area contributed by atoms with Gasteiger partial charge in [-0.05, 0) is 45.4 Å². The van der Waals surface area contributed by atoms with Crippen LogP contribution in [0.1, 0.15) is 38.8 Å². The van der Waals surface area contributed by atoms with Crippen LogP contribution in [0.4, 0.5) is 0 Å². The van der Waals surface area contributed by atoms with Crippen LogP contribution in [-0.2, 0) is 6.54 Å². The van der Waals surface area contributed by atoms with Crippen LogP contribution in [-0.4, -0.2) is 22.1 Å². The van der Waals surface area contributed by atoms with E-state index >= 15 is 0 Å². The number of hydrogen-bond acceptors (Lipinski definition) is 3. The van der Waals surface area contributed by atoms with Crippen molar-refractivity contribution in [3.05, 3.63) is 40.3 Å². The number of para-hydroxylation sites is 2. The van der Waals surface area contributed by atoms with Gasteiger partial charge in [0.15, 0.2) is 0 Å². The first-order chi connectivity index (χ1) is 10.1. The number of benzene rings is 1. The van der Waals surface area contributed by atoms with Gasteiger partial charge >= 0.3 is 0 Å². The molecule has 1 atom stereocenters. The van der Waals surface area contributed by atoms with E-state index in [4.69, 9.17) is 0 Å². The summed E-state index contributed by atoms with van der Waals surface area (Å²) in [6.07, 6.45) is 3.28. The van der Waals surface area contributed by atoms with E-state index in [0.717, 1.165) is 43.4 Å². The van der Waals surface area contributed by atoms with Crippen molar-refractivity contribution in [3.63, 3.8) is 0 Å². The molecule has 1 aromatic heterocycles. The summed E-state index contributed by atoms with van der Waals surface area (Å²) in [4.78, 5) is 16.7. The summed E-state index contributed by atoms with van der Waals surface area (Å²) in [5.74, 6) is 0. The Balaban J connectivity index is 2.08. The summed E-state index contributed by atoms with van der Waals surface area (Å²) in [7, 11) is 0. The molecule has 0 bridgehead atoms. The average Bonchev–Trinajstić information content (AvgIpc) is 2.47. The monoisotopic (exact) mass is 287 g/mol. The smallest absolute Gasteiger partial charge is 0.272 e. The van der Waals surface area contributed by atoms with Gasteiger partial charge in [-0.15, -0.1) is 0 Å². The molecule has 0 amide bonds. The molecule has 2 rings (SSSR count). The van der Waals surface area contributed by atoms with Crippen molar-refractivity contribution in [1.82, 2.24) is 14.9 Å². The quantitative estimate of drug-likeness (QED) is 0.797. The van der Waals surface area contributed by atoms with E-state index in [9.17, 15) is 4.79 Å². The van der Waals surface area contributed by atoms with Crippen LogP contribution >= 0.6 is 0 Å². The highest BCUT2D eigenvalue weighted by Gasteiger charge is 2.07. The Bertz CT molecular complexity index is 648. The Kier molecular flexibility index (Phi) is 5.51. The fourth-order valence-corrected chi connectivity index (χ4v) is 2.71. The maximum absolute atomic E-state index is 12.3. The van der Waals surface area contributed by atoms with E-state index < -0.39 is 0 Å². The molecule has 0 spiro atoms. The highest BCUT2D eigenvalue weighted by molar-refractivity contribution is 5.74. The highest BCUT2D eigenvalue weighted by atomic mass is 16.1. The molecule has 114 valence electrons. The lowest BCUT2D eigenvalue weighted by molar-refractivity contribution is 0.485. The van der Waals surface area contributed by atoms with Gasteiger partial charge in [-0.25, -0.2) is 4.98 Å². The SMILES string of the molecule is CCNC(C)CCCCn1c(=O)c(C)nc2ccccc21. The van der Waals surface area contributed by atoms with Crippen LogP contribution in [0.2, 0.25) is 0 Å². The van der Waals surface area contributed by atoms with Crippen LogP contribution in [0.5, 0.6) is 0 Å². The first kappa shape index (κ1) is 15.7. The number of fused-ring (bicyclic) bond motifs is 1. The second-order valence-electron chi connectivity index (χ2n) is 5.60. The molecule has 4 heteroatoms. The zero-order valence-corrected chi connectivity index (χ0v) is 13.2. The largest absolute Gasteiger partial charge is 0.315 e.